The third kappa shape index (κ3) is 3.44. The lowest BCUT2D eigenvalue weighted by molar-refractivity contribution is 0.0933. The Morgan fingerprint density at radius 3 is 2.77 bits per heavy atom. The Balaban J connectivity index is 1.53. The second-order valence-electron chi connectivity index (χ2n) is 5.91. The Hall–Kier alpha value is -3.55. The lowest BCUT2D eigenvalue weighted by Crippen LogP contribution is -2.29. The minimum atomic E-state index is -0.151. The molecular formula is C18H17N7O. The molecule has 2 N–H and O–H groups in total. The first kappa shape index (κ1) is 15.9. The highest BCUT2D eigenvalue weighted by Crippen LogP contribution is 2.19. The molecule has 0 saturated heterocycles. The van der Waals surface area contributed by atoms with Gasteiger partial charge in [0, 0.05) is 12.1 Å². The number of fused-ring (bicyclic) bond motifs is 1. The molecule has 0 unspecified atom stereocenters. The van der Waals surface area contributed by atoms with Gasteiger partial charge >= 0.3 is 0 Å². The summed E-state index contributed by atoms with van der Waals surface area (Å²) in [4.78, 5) is 16.7. The van der Waals surface area contributed by atoms with Gasteiger partial charge in [0.15, 0.2) is 0 Å². The van der Waals surface area contributed by atoms with Crippen LogP contribution in [0.2, 0.25) is 0 Å². The minimum absolute atomic E-state index is 0.138. The van der Waals surface area contributed by atoms with E-state index < -0.39 is 0 Å². The molecule has 0 bridgehead atoms. The molecule has 0 saturated carbocycles. The molecule has 2 aromatic carbocycles. The van der Waals surface area contributed by atoms with Crippen molar-refractivity contribution in [2.45, 2.75) is 19.0 Å². The fraction of sp³-hybridized carbons (Fsp3) is 0.167. The second-order valence-corrected chi connectivity index (χ2v) is 5.91. The number of amides is 1. The summed E-state index contributed by atoms with van der Waals surface area (Å²) in [6, 6.07) is 15.0. The maximum atomic E-state index is 12.8. The molecule has 130 valence electrons. The van der Waals surface area contributed by atoms with Crippen molar-refractivity contribution < 1.29 is 4.79 Å². The van der Waals surface area contributed by atoms with Crippen molar-refractivity contribution in [3.63, 3.8) is 0 Å². The number of nitrogens with one attached hydrogen (secondary N) is 2. The molecule has 26 heavy (non-hydrogen) atoms. The zero-order chi connectivity index (χ0) is 17.8. The Bertz CT molecular complexity index is 995. The largest absolute Gasteiger partial charge is 0.345 e. The molecule has 8 heteroatoms. The van der Waals surface area contributed by atoms with Crippen LogP contribution >= 0.6 is 0 Å². The van der Waals surface area contributed by atoms with Crippen LogP contribution in [0.15, 0.2) is 61.2 Å². The molecule has 4 rings (SSSR count). The first-order chi connectivity index (χ1) is 12.8. The van der Waals surface area contributed by atoms with E-state index in [0.29, 0.717) is 24.0 Å². The predicted molar refractivity (Wildman–Crippen MR) is 95.2 cm³/mol. The Labute approximate surface area is 149 Å². The van der Waals surface area contributed by atoms with Crippen molar-refractivity contribution in [1.29, 1.82) is 0 Å². The van der Waals surface area contributed by atoms with Gasteiger partial charge in [0.25, 0.3) is 5.91 Å². The van der Waals surface area contributed by atoms with E-state index in [1.807, 2.05) is 30.3 Å². The molecule has 8 nitrogen and oxygen atoms in total. The third-order valence-electron chi connectivity index (χ3n) is 4.20. The van der Waals surface area contributed by atoms with Gasteiger partial charge in [-0.2, -0.15) is 20.5 Å². The Morgan fingerprint density at radius 1 is 1.12 bits per heavy atom. The number of hydrogen-bond donors (Lipinski definition) is 2. The molecule has 1 atom stereocenters. The molecule has 1 amide bonds. The van der Waals surface area contributed by atoms with E-state index in [2.05, 4.69) is 30.8 Å². The smallest absolute Gasteiger partial charge is 0.251 e. The number of aromatic amines is 1. The Kier molecular flexibility index (Phi) is 4.38. The van der Waals surface area contributed by atoms with Crippen LogP contribution in [0.5, 0.6) is 0 Å². The minimum Gasteiger partial charge on any atom is -0.345 e. The van der Waals surface area contributed by atoms with Gasteiger partial charge in [-0.05, 0) is 30.2 Å². The number of aromatic nitrogens is 6. The summed E-state index contributed by atoms with van der Waals surface area (Å²) < 4.78 is 1.75. The van der Waals surface area contributed by atoms with E-state index in [-0.39, 0.29) is 11.9 Å². The monoisotopic (exact) mass is 347 g/mol. The molecule has 4 aromatic rings. The van der Waals surface area contributed by atoms with E-state index in [4.69, 9.17) is 0 Å². The number of aryl methyl sites for hydroxylation is 1. The van der Waals surface area contributed by atoms with Crippen molar-refractivity contribution in [1.82, 2.24) is 35.5 Å². The lowest BCUT2D eigenvalue weighted by atomic mass is 10.0. The third-order valence-corrected chi connectivity index (χ3v) is 4.20. The van der Waals surface area contributed by atoms with Crippen molar-refractivity contribution in [2.24, 2.45) is 0 Å². The molecule has 0 aliphatic rings. The molecule has 0 aliphatic heterocycles. The molecule has 2 heterocycles. The first-order valence-electron chi connectivity index (χ1n) is 8.28. The summed E-state index contributed by atoms with van der Waals surface area (Å²) in [5.74, 6) is -0.151. The number of carbonyl (C=O) groups excluding carboxylic acids is 1. The van der Waals surface area contributed by atoms with Crippen molar-refractivity contribution in [3.8, 4) is 0 Å². The predicted octanol–water partition coefficient (Wildman–Crippen LogP) is 2.11. The number of H-pyrrole nitrogens is 1. The number of nitrogens with zero attached hydrogens (tertiary/aromatic N) is 5. The summed E-state index contributed by atoms with van der Waals surface area (Å²) in [7, 11) is 0. The summed E-state index contributed by atoms with van der Waals surface area (Å²) in [5.41, 5.74) is 2.99. The van der Waals surface area contributed by atoms with Gasteiger partial charge in [-0.3, -0.25) is 9.48 Å². The van der Waals surface area contributed by atoms with Crippen LogP contribution in [-0.2, 0) is 6.54 Å². The van der Waals surface area contributed by atoms with Crippen LogP contribution in [0.4, 0.5) is 0 Å². The molecule has 2 aromatic heterocycles. The standard InChI is InChI=1S/C18H17N7O/c26-18(14-6-7-16-17(10-14)23-24-22-16)21-15(13-4-2-1-3-5-13)8-9-25-12-19-11-20-25/h1-7,10-12,15H,8-9H2,(H,21,26)(H,22,23,24)/t15-/m0/s1. The number of benzene rings is 2. The van der Waals surface area contributed by atoms with Gasteiger partial charge in [-0.1, -0.05) is 30.3 Å². The van der Waals surface area contributed by atoms with Gasteiger partial charge in [0.2, 0.25) is 0 Å². The van der Waals surface area contributed by atoms with Crippen LogP contribution < -0.4 is 5.32 Å². The fourth-order valence-corrected chi connectivity index (χ4v) is 2.84. The van der Waals surface area contributed by atoms with E-state index in [0.717, 1.165) is 11.1 Å². The van der Waals surface area contributed by atoms with Crippen molar-refractivity contribution in [3.05, 3.63) is 72.3 Å². The molecule has 0 spiro atoms. The highest BCUT2D eigenvalue weighted by molar-refractivity contribution is 5.97. The van der Waals surface area contributed by atoms with Crippen LogP contribution in [0, 0.1) is 0 Å². The number of carbonyl (C=O) groups is 1. The van der Waals surface area contributed by atoms with Crippen LogP contribution in [0.3, 0.4) is 0 Å². The molecule has 0 aliphatic carbocycles. The summed E-state index contributed by atoms with van der Waals surface area (Å²) in [6.45, 7) is 0.655. The maximum Gasteiger partial charge on any atom is 0.251 e. The quantitative estimate of drug-likeness (QED) is 0.556. The van der Waals surface area contributed by atoms with Gasteiger partial charge < -0.3 is 5.32 Å². The van der Waals surface area contributed by atoms with E-state index in [9.17, 15) is 4.79 Å². The number of rotatable bonds is 6. The van der Waals surface area contributed by atoms with Crippen LogP contribution in [-0.4, -0.2) is 36.1 Å². The summed E-state index contributed by atoms with van der Waals surface area (Å²) in [5, 5.41) is 17.8. The van der Waals surface area contributed by atoms with Gasteiger partial charge in [0.1, 0.15) is 23.7 Å². The highest BCUT2D eigenvalue weighted by atomic mass is 16.1. The first-order valence-corrected chi connectivity index (χ1v) is 8.28. The van der Waals surface area contributed by atoms with E-state index >= 15 is 0 Å². The van der Waals surface area contributed by atoms with Crippen LogP contribution in [0.1, 0.15) is 28.4 Å². The lowest BCUT2D eigenvalue weighted by Gasteiger charge is -2.19. The highest BCUT2D eigenvalue weighted by Gasteiger charge is 2.16. The van der Waals surface area contributed by atoms with Crippen molar-refractivity contribution in [2.75, 3.05) is 0 Å². The summed E-state index contributed by atoms with van der Waals surface area (Å²) >= 11 is 0. The number of hydrogen-bond acceptors (Lipinski definition) is 5. The average Bonchev–Trinajstić information content (AvgIpc) is 3.36. The topological polar surface area (TPSA) is 101 Å². The van der Waals surface area contributed by atoms with Crippen molar-refractivity contribution >= 4 is 16.9 Å². The zero-order valence-corrected chi connectivity index (χ0v) is 13.9. The maximum absolute atomic E-state index is 12.8. The Morgan fingerprint density at radius 2 is 1.96 bits per heavy atom. The SMILES string of the molecule is O=C(N[C@@H](CCn1cncn1)c1ccccc1)c1ccc2n[nH]nc2c1. The normalized spacial score (nSPS) is 12.2. The van der Waals surface area contributed by atoms with E-state index in [1.54, 1.807) is 29.2 Å². The van der Waals surface area contributed by atoms with Gasteiger partial charge in [0.05, 0.1) is 6.04 Å². The second kappa shape index (κ2) is 7.14. The zero-order valence-electron chi connectivity index (χ0n) is 13.9. The van der Waals surface area contributed by atoms with Gasteiger partial charge in [-0.25, -0.2) is 4.98 Å². The molecular weight excluding hydrogens is 330 g/mol. The molecule has 0 fully saturated rings. The molecule has 0 radical (unpaired) electrons. The summed E-state index contributed by atoms with van der Waals surface area (Å²) in [6.07, 6.45) is 3.87. The fourth-order valence-electron chi connectivity index (χ4n) is 2.84. The van der Waals surface area contributed by atoms with Crippen LogP contribution in [0.25, 0.3) is 11.0 Å². The van der Waals surface area contributed by atoms with E-state index in [1.165, 1.54) is 6.33 Å². The van der Waals surface area contributed by atoms with Gasteiger partial charge in [-0.15, -0.1) is 0 Å². The average molecular weight is 347 g/mol.